The van der Waals surface area contributed by atoms with Crippen LogP contribution in [0.4, 0.5) is 5.69 Å². The Morgan fingerprint density at radius 3 is 1.95 bits per heavy atom. The first-order valence-electron chi connectivity index (χ1n) is 12.4. The van der Waals surface area contributed by atoms with E-state index in [1.807, 2.05) is 103 Å². The summed E-state index contributed by atoms with van der Waals surface area (Å²) >= 11 is 0. The molecule has 0 spiro atoms. The maximum atomic E-state index is 13.1. The summed E-state index contributed by atoms with van der Waals surface area (Å²) in [6, 6.07) is 31.6. The SMILES string of the molecule is CCOc1cc(OCc2ccccc2)cc(C(C(N)=O)N(Cc2ccccc2)c2ccc(C(=N)N)cc2)c1. The molecule has 0 saturated carbocycles. The molecule has 4 aromatic rings. The van der Waals surface area contributed by atoms with E-state index in [1.165, 1.54) is 0 Å². The molecule has 0 aliphatic carbocycles. The van der Waals surface area contributed by atoms with Crippen LogP contribution < -0.4 is 25.8 Å². The van der Waals surface area contributed by atoms with E-state index in [-0.39, 0.29) is 5.84 Å². The maximum absolute atomic E-state index is 13.1. The average Bonchev–Trinajstić information content (AvgIpc) is 2.93. The van der Waals surface area contributed by atoms with Crippen molar-refractivity contribution in [3.63, 3.8) is 0 Å². The number of nitrogens with two attached hydrogens (primary N) is 2. The van der Waals surface area contributed by atoms with Crippen LogP contribution >= 0.6 is 0 Å². The summed E-state index contributed by atoms with van der Waals surface area (Å²) in [6.07, 6.45) is 0. The largest absolute Gasteiger partial charge is 0.494 e. The second-order valence-corrected chi connectivity index (χ2v) is 8.82. The lowest BCUT2D eigenvalue weighted by Crippen LogP contribution is -2.37. The summed E-state index contributed by atoms with van der Waals surface area (Å²) in [6.45, 7) is 3.16. The Hall–Kier alpha value is -4.78. The van der Waals surface area contributed by atoms with Gasteiger partial charge in [0.1, 0.15) is 30.0 Å². The fraction of sp³-hybridized carbons (Fsp3) is 0.161. The van der Waals surface area contributed by atoms with Gasteiger partial charge in [-0.05, 0) is 60.0 Å². The van der Waals surface area contributed by atoms with E-state index in [2.05, 4.69) is 0 Å². The molecule has 194 valence electrons. The van der Waals surface area contributed by atoms with Gasteiger partial charge in [-0.3, -0.25) is 10.2 Å². The fourth-order valence-electron chi connectivity index (χ4n) is 4.27. The van der Waals surface area contributed by atoms with Crippen LogP contribution in [0.5, 0.6) is 11.5 Å². The molecular weight excluding hydrogens is 476 g/mol. The molecular formula is C31H32N4O3. The minimum atomic E-state index is -0.821. The monoisotopic (exact) mass is 508 g/mol. The highest BCUT2D eigenvalue weighted by Crippen LogP contribution is 2.34. The zero-order chi connectivity index (χ0) is 26.9. The van der Waals surface area contributed by atoms with Crippen molar-refractivity contribution in [2.24, 2.45) is 11.5 Å². The van der Waals surface area contributed by atoms with Crippen molar-refractivity contribution in [2.75, 3.05) is 11.5 Å². The van der Waals surface area contributed by atoms with Gasteiger partial charge in [0.2, 0.25) is 5.91 Å². The number of amidine groups is 1. The molecule has 0 aliphatic rings. The van der Waals surface area contributed by atoms with E-state index in [1.54, 1.807) is 12.1 Å². The number of nitrogens with one attached hydrogen (secondary N) is 1. The number of nitrogen functional groups attached to an aromatic ring is 1. The standard InChI is InChI=1S/C31H32N4O3/c1-2-37-27-17-25(18-28(19-27)38-21-23-11-7-4-8-12-23)29(31(34)36)35(20-22-9-5-3-6-10-22)26-15-13-24(14-16-26)30(32)33/h3-19,29H,2,20-21H2,1H3,(H3,32,33)(H2,34,36). The number of nitrogens with zero attached hydrogens (tertiary/aromatic N) is 1. The number of hydrogen-bond acceptors (Lipinski definition) is 5. The summed E-state index contributed by atoms with van der Waals surface area (Å²) < 4.78 is 11.9. The Morgan fingerprint density at radius 2 is 1.39 bits per heavy atom. The molecule has 0 saturated heterocycles. The summed E-state index contributed by atoms with van der Waals surface area (Å²) in [5.74, 6) is 0.625. The number of carbonyl (C=O) groups is 1. The number of ether oxygens (including phenoxy) is 2. The number of carbonyl (C=O) groups excluding carboxylic acids is 1. The summed E-state index contributed by atoms with van der Waals surface area (Å²) in [5, 5.41) is 7.73. The second kappa shape index (κ2) is 12.5. The van der Waals surface area contributed by atoms with Gasteiger partial charge in [-0.25, -0.2) is 0 Å². The summed E-state index contributed by atoms with van der Waals surface area (Å²) in [4.78, 5) is 15.0. The number of hydrogen-bond donors (Lipinski definition) is 3. The molecule has 0 radical (unpaired) electrons. The quantitative estimate of drug-likeness (QED) is 0.180. The van der Waals surface area contributed by atoms with Crippen LogP contribution in [0, 0.1) is 5.41 Å². The van der Waals surface area contributed by atoms with Crippen molar-refractivity contribution < 1.29 is 14.3 Å². The first-order chi connectivity index (χ1) is 18.4. The Bertz CT molecular complexity index is 1360. The van der Waals surface area contributed by atoms with E-state index >= 15 is 0 Å². The molecule has 4 rings (SSSR count). The molecule has 4 aromatic carbocycles. The van der Waals surface area contributed by atoms with E-state index in [0.717, 1.165) is 16.8 Å². The van der Waals surface area contributed by atoms with E-state index in [9.17, 15) is 4.79 Å². The number of rotatable bonds is 12. The molecule has 0 aliphatic heterocycles. The van der Waals surface area contributed by atoms with Crippen LogP contribution in [0.3, 0.4) is 0 Å². The molecule has 0 aromatic heterocycles. The van der Waals surface area contributed by atoms with Crippen LogP contribution in [-0.4, -0.2) is 18.3 Å². The molecule has 0 heterocycles. The molecule has 38 heavy (non-hydrogen) atoms. The Labute approximate surface area is 223 Å². The third-order valence-corrected chi connectivity index (χ3v) is 6.06. The molecule has 7 nitrogen and oxygen atoms in total. The van der Waals surface area contributed by atoms with Gasteiger partial charge in [0.15, 0.2) is 0 Å². The van der Waals surface area contributed by atoms with Crippen molar-refractivity contribution in [3.8, 4) is 11.5 Å². The van der Waals surface area contributed by atoms with Crippen LogP contribution in [0.25, 0.3) is 0 Å². The molecule has 0 bridgehead atoms. The van der Waals surface area contributed by atoms with Crippen LogP contribution in [0.15, 0.2) is 103 Å². The van der Waals surface area contributed by atoms with E-state index in [0.29, 0.717) is 42.4 Å². The minimum absolute atomic E-state index is 0.0257. The highest BCUT2D eigenvalue weighted by molar-refractivity contribution is 5.95. The average molecular weight is 509 g/mol. The lowest BCUT2D eigenvalue weighted by molar-refractivity contribution is -0.119. The number of amides is 1. The Balaban J connectivity index is 1.75. The van der Waals surface area contributed by atoms with Crippen molar-refractivity contribution in [3.05, 3.63) is 125 Å². The third kappa shape index (κ3) is 6.70. The zero-order valence-corrected chi connectivity index (χ0v) is 21.3. The van der Waals surface area contributed by atoms with Gasteiger partial charge in [-0.15, -0.1) is 0 Å². The van der Waals surface area contributed by atoms with E-state index in [4.69, 9.17) is 26.4 Å². The smallest absolute Gasteiger partial charge is 0.244 e. The molecule has 5 N–H and O–H groups in total. The molecule has 1 amide bonds. The first-order valence-corrected chi connectivity index (χ1v) is 12.4. The molecule has 1 atom stereocenters. The number of benzene rings is 4. The predicted octanol–water partition coefficient (Wildman–Crippen LogP) is 5.18. The van der Waals surface area contributed by atoms with Crippen LogP contribution in [0.2, 0.25) is 0 Å². The van der Waals surface area contributed by atoms with Gasteiger partial charge < -0.3 is 25.8 Å². The second-order valence-electron chi connectivity index (χ2n) is 8.82. The number of primary amides is 1. The summed E-state index contributed by atoms with van der Waals surface area (Å²) in [7, 11) is 0. The van der Waals surface area contributed by atoms with Gasteiger partial charge >= 0.3 is 0 Å². The Morgan fingerprint density at radius 1 is 0.816 bits per heavy atom. The molecule has 1 unspecified atom stereocenters. The van der Waals surface area contributed by atoms with Crippen molar-refractivity contribution >= 4 is 17.4 Å². The first kappa shape index (κ1) is 26.3. The maximum Gasteiger partial charge on any atom is 0.244 e. The molecule has 0 fully saturated rings. The van der Waals surface area contributed by atoms with Crippen LogP contribution in [-0.2, 0) is 17.9 Å². The highest BCUT2D eigenvalue weighted by atomic mass is 16.5. The summed E-state index contributed by atoms with van der Waals surface area (Å²) in [5.41, 5.74) is 15.8. The van der Waals surface area contributed by atoms with Crippen LogP contribution in [0.1, 0.15) is 35.2 Å². The van der Waals surface area contributed by atoms with Crippen molar-refractivity contribution in [1.29, 1.82) is 5.41 Å². The topological polar surface area (TPSA) is 115 Å². The Kier molecular flexibility index (Phi) is 8.61. The normalized spacial score (nSPS) is 11.4. The lowest BCUT2D eigenvalue weighted by atomic mass is 10.0. The fourth-order valence-corrected chi connectivity index (χ4v) is 4.27. The van der Waals surface area contributed by atoms with Gasteiger partial charge in [0, 0.05) is 23.9 Å². The minimum Gasteiger partial charge on any atom is -0.494 e. The number of anilines is 1. The van der Waals surface area contributed by atoms with Gasteiger partial charge in [-0.1, -0.05) is 60.7 Å². The van der Waals surface area contributed by atoms with Gasteiger partial charge in [0.05, 0.1) is 6.61 Å². The van der Waals surface area contributed by atoms with Gasteiger partial charge in [-0.2, -0.15) is 0 Å². The van der Waals surface area contributed by atoms with E-state index < -0.39 is 11.9 Å². The predicted molar refractivity (Wildman–Crippen MR) is 150 cm³/mol. The van der Waals surface area contributed by atoms with Crippen molar-refractivity contribution in [2.45, 2.75) is 26.1 Å². The van der Waals surface area contributed by atoms with Gasteiger partial charge in [0.25, 0.3) is 0 Å². The van der Waals surface area contributed by atoms with Crippen molar-refractivity contribution in [1.82, 2.24) is 0 Å². The lowest BCUT2D eigenvalue weighted by Gasteiger charge is -2.33. The third-order valence-electron chi connectivity index (χ3n) is 6.06. The highest BCUT2D eigenvalue weighted by Gasteiger charge is 2.28. The zero-order valence-electron chi connectivity index (χ0n) is 21.3. The molecule has 7 heteroatoms.